The van der Waals surface area contributed by atoms with E-state index in [1.165, 1.54) is 17.1 Å². The lowest BCUT2D eigenvalue weighted by atomic mass is 10.0. The number of ether oxygens (including phenoxy) is 1. The molecule has 0 saturated carbocycles. The van der Waals surface area contributed by atoms with E-state index in [0.717, 1.165) is 20.7 Å². The Bertz CT molecular complexity index is 1180. The summed E-state index contributed by atoms with van der Waals surface area (Å²) in [5, 5.41) is 25.4. The fourth-order valence-corrected chi connectivity index (χ4v) is 5.45. The van der Waals surface area contributed by atoms with Crippen molar-refractivity contribution in [1.29, 1.82) is 0 Å². The lowest BCUT2D eigenvalue weighted by molar-refractivity contribution is -0.150. The molecule has 1 fully saturated rings. The van der Waals surface area contributed by atoms with Gasteiger partial charge in [-0.3, -0.25) is 14.5 Å². The van der Waals surface area contributed by atoms with Crippen LogP contribution < -0.4 is 15.8 Å². The molecule has 2 aliphatic rings. The smallest absolute Gasteiger partial charge is 0.352 e. The summed E-state index contributed by atoms with van der Waals surface area (Å²) in [6.07, 6.45) is 0. The Labute approximate surface area is 203 Å². The molecule has 11 nitrogen and oxygen atoms in total. The number of thiazole rings is 1. The zero-order valence-electron chi connectivity index (χ0n) is 16.6. The summed E-state index contributed by atoms with van der Waals surface area (Å²) >= 11 is 5.69. The molecule has 0 bridgehead atoms. The first-order valence-corrected chi connectivity index (χ1v) is 12.0. The molecule has 0 unspecified atom stereocenters. The predicted molar refractivity (Wildman–Crippen MR) is 124 cm³/mol. The molecule has 14 heteroatoms. The van der Waals surface area contributed by atoms with Crippen LogP contribution in [-0.2, 0) is 14.4 Å². The van der Waals surface area contributed by atoms with Crippen molar-refractivity contribution >= 4 is 67.7 Å². The Hall–Kier alpha value is -3.10. The number of nitrogen functional groups attached to an aromatic ring is 1. The molecule has 2 atom stereocenters. The van der Waals surface area contributed by atoms with Gasteiger partial charge in [-0.2, -0.15) is 0 Å². The van der Waals surface area contributed by atoms with Crippen molar-refractivity contribution < 1.29 is 29.4 Å². The third kappa shape index (κ3) is 4.54. The second kappa shape index (κ2) is 9.41. The maximum absolute atomic E-state index is 12.8. The third-order valence-electron chi connectivity index (χ3n) is 4.84. The van der Waals surface area contributed by atoms with Gasteiger partial charge in [0.05, 0.1) is 0 Å². The molecule has 172 valence electrons. The summed E-state index contributed by atoms with van der Waals surface area (Å²) < 4.78 is 6.57. The van der Waals surface area contributed by atoms with Gasteiger partial charge in [0.1, 0.15) is 35.2 Å². The number of carboxylic acids is 1. The number of halogens is 1. The van der Waals surface area contributed by atoms with Crippen molar-refractivity contribution in [2.24, 2.45) is 5.16 Å². The van der Waals surface area contributed by atoms with Crippen molar-refractivity contribution in [3.05, 3.63) is 51.1 Å². The van der Waals surface area contributed by atoms with Crippen molar-refractivity contribution in [2.75, 3.05) is 18.1 Å². The van der Waals surface area contributed by atoms with Crippen LogP contribution in [0.5, 0.6) is 5.75 Å². The number of benzene rings is 1. The molecule has 1 aromatic carbocycles. The molecule has 1 aromatic heterocycles. The molecular weight excluding hydrogens is 538 g/mol. The number of carboxylic acid groups (broad SMARTS) is 1. The van der Waals surface area contributed by atoms with E-state index < -0.39 is 34.9 Å². The van der Waals surface area contributed by atoms with E-state index in [4.69, 9.17) is 10.5 Å². The van der Waals surface area contributed by atoms with Crippen LogP contribution in [0.3, 0.4) is 0 Å². The summed E-state index contributed by atoms with van der Waals surface area (Å²) in [6.45, 7) is -0.00361. The van der Waals surface area contributed by atoms with E-state index in [1.807, 2.05) is 0 Å². The van der Waals surface area contributed by atoms with E-state index in [9.17, 15) is 24.7 Å². The number of rotatable bonds is 7. The van der Waals surface area contributed by atoms with Gasteiger partial charge in [-0.15, -0.1) is 23.1 Å². The Morgan fingerprint density at radius 3 is 2.70 bits per heavy atom. The molecule has 4 rings (SSSR count). The second-order valence-corrected chi connectivity index (χ2v) is 9.79. The number of hydrogen-bond acceptors (Lipinski definition) is 10. The van der Waals surface area contributed by atoms with Gasteiger partial charge >= 0.3 is 5.97 Å². The van der Waals surface area contributed by atoms with Crippen molar-refractivity contribution in [3.8, 4) is 5.75 Å². The first-order valence-electron chi connectivity index (χ1n) is 9.32. The Kier molecular flexibility index (Phi) is 6.58. The number of carbonyl (C=O) groups excluding carboxylic acids is 2. The number of thioether (sulfide) groups is 1. The number of aliphatic carboxylic acids is 1. The van der Waals surface area contributed by atoms with Gasteiger partial charge in [0.15, 0.2) is 10.8 Å². The summed E-state index contributed by atoms with van der Waals surface area (Å²) in [7, 11) is 0. The first-order chi connectivity index (χ1) is 15.8. The van der Waals surface area contributed by atoms with Crippen LogP contribution in [0.1, 0.15) is 5.69 Å². The molecule has 2 aromatic rings. The standard InChI is InChI=1S/C19H16BrN5O6S2/c20-9-1-3-10(4-2-9)31-5-8-6-32-17-13(16(27)25(17)14(8)18(28)29)23-15(26)12(24-30)11-7-33-19(21)22-11/h1-4,7,13,17,30H,5-6H2,(H2,21,22)(H,23,26)(H,28,29)/b24-12-/t13-,17-/m1/s1. The van der Waals surface area contributed by atoms with Gasteiger partial charge < -0.3 is 26.1 Å². The highest BCUT2D eigenvalue weighted by molar-refractivity contribution is 9.10. The average molecular weight is 554 g/mol. The Balaban J connectivity index is 1.47. The molecule has 2 aliphatic heterocycles. The van der Waals surface area contributed by atoms with Crippen LogP contribution >= 0.6 is 39.0 Å². The number of hydrogen-bond donors (Lipinski definition) is 4. The minimum absolute atomic E-state index is 0.00361. The quantitative estimate of drug-likeness (QED) is 0.172. The van der Waals surface area contributed by atoms with Gasteiger partial charge in [0.25, 0.3) is 11.8 Å². The lowest BCUT2D eigenvalue weighted by Gasteiger charge is -2.49. The summed E-state index contributed by atoms with van der Waals surface area (Å²) in [6, 6.07) is 6.08. The summed E-state index contributed by atoms with van der Waals surface area (Å²) in [4.78, 5) is 42.3. The van der Waals surface area contributed by atoms with Crippen molar-refractivity contribution in [2.45, 2.75) is 11.4 Å². The largest absolute Gasteiger partial charge is 0.489 e. The van der Waals surface area contributed by atoms with E-state index >= 15 is 0 Å². The van der Waals surface area contributed by atoms with Crippen LogP contribution in [0.25, 0.3) is 0 Å². The molecule has 5 N–H and O–H groups in total. The number of anilines is 1. The lowest BCUT2D eigenvalue weighted by Crippen LogP contribution is -2.71. The van der Waals surface area contributed by atoms with Crippen molar-refractivity contribution in [1.82, 2.24) is 15.2 Å². The number of carbonyl (C=O) groups is 3. The van der Waals surface area contributed by atoms with Gasteiger partial charge in [-0.1, -0.05) is 21.1 Å². The van der Waals surface area contributed by atoms with E-state index in [-0.39, 0.29) is 23.1 Å². The molecule has 2 amide bonds. The zero-order valence-corrected chi connectivity index (χ0v) is 19.8. The monoisotopic (exact) mass is 553 g/mol. The highest BCUT2D eigenvalue weighted by Gasteiger charge is 2.54. The number of nitrogens with two attached hydrogens (primary N) is 1. The molecule has 0 spiro atoms. The van der Waals surface area contributed by atoms with Gasteiger partial charge in [-0.05, 0) is 24.3 Å². The number of nitrogens with zero attached hydrogens (tertiary/aromatic N) is 3. The molecule has 0 aliphatic carbocycles. The number of nitrogens with one attached hydrogen (secondary N) is 1. The van der Waals surface area contributed by atoms with Gasteiger partial charge in [0.2, 0.25) is 0 Å². The number of oxime groups is 1. The normalized spacial score (nSPS) is 20.2. The molecule has 33 heavy (non-hydrogen) atoms. The number of amides is 2. The molecule has 0 radical (unpaired) electrons. The molecule has 1 saturated heterocycles. The number of aromatic nitrogens is 1. The summed E-state index contributed by atoms with van der Waals surface area (Å²) in [5.41, 5.74) is 5.50. The Morgan fingerprint density at radius 2 is 2.09 bits per heavy atom. The zero-order chi connectivity index (χ0) is 23.7. The topological polar surface area (TPSA) is 167 Å². The third-order valence-corrected chi connectivity index (χ3v) is 7.38. The maximum Gasteiger partial charge on any atom is 0.352 e. The SMILES string of the molecule is Nc1nc(/C(=N/O)C(=O)N[C@@H]2C(=O)N3C(C(=O)O)=C(COc4ccc(Br)cc4)CS[C@H]23)cs1. The minimum atomic E-state index is -1.26. The minimum Gasteiger partial charge on any atom is -0.489 e. The van der Waals surface area contributed by atoms with Crippen molar-refractivity contribution in [3.63, 3.8) is 0 Å². The van der Waals surface area contributed by atoms with Crippen LogP contribution in [-0.4, -0.2) is 67.5 Å². The van der Waals surface area contributed by atoms with E-state index in [0.29, 0.717) is 17.1 Å². The first kappa shape index (κ1) is 23.1. The molecule has 3 heterocycles. The van der Waals surface area contributed by atoms with Crippen LogP contribution in [0.4, 0.5) is 5.13 Å². The fourth-order valence-electron chi connectivity index (χ4n) is 3.31. The van der Waals surface area contributed by atoms with Crippen LogP contribution in [0, 0.1) is 0 Å². The Morgan fingerprint density at radius 1 is 1.36 bits per heavy atom. The number of β-lactam (4-membered cyclic amide) rings is 1. The van der Waals surface area contributed by atoms with Gasteiger partial charge in [-0.25, -0.2) is 9.78 Å². The molecular formula is C19H16BrN5O6S2. The highest BCUT2D eigenvalue weighted by atomic mass is 79.9. The van der Waals surface area contributed by atoms with Crippen LogP contribution in [0.2, 0.25) is 0 Å². The van der Waals surface area contributed by atoms with Crippen LogP contribution in [0.15, 0.2) is 50.5 Å². The van der Waals surface area contributed by atoms with E-state index in [1.54, 1.807) is 24.3 Å². The van der Waals surface area contributed by atoms with Gasteiger partial charge in [0, 0.05) is 21.2 Å². The number of fused-ring (bicyclic) bond motifs is 1. The van der Waals surface area contributed by atoms with E-state index in [2.05, 4.69) is 31.4 Å². The fraction of sp³-hybridized carbons (Fsp3) is 0.211. The summed E-state index contributed by atoms with van der Waals surface area (Å²) in [5.74, 6) is -1.83. The predicted octanol–water partition coefficient (Wildman–Crippen LogP) is 1.48. The maximum atomic E-state index is 12.8. The highest BCUT2D eigenvalue weighted by Crippen LogP contribution is 2.40. The average Bonchev–Trinajstić information content (AvgIpc) is 3.22. The second-order valence-electron chi connectivity index (χ2n) is 6.88.